The van der Waals surface area contributed by atoms with Gasteiger partial charge in [-0.3, -0.25) is 10.1 Å². The fourth-order valence-corrected chi connectivity index (χ4v) is 3.55. The van der Waals surface area contributed by atoms with E-state index in [4.69, 9.17) is 17.0 Å². The number of benzene rings is 3. The van der Waals surface area contributed by atoms with Crippen molar-refractivity contribution in [2.24, 2.45) is 0 Å². The van der Waals surface area contributed by atoms with Gasteiger partial charge < -0.3 is 15.4 Å². The SMILES string of the molecule is Cc1ccc(C(=O)NC(=S)Nc2ccc3c(c2)NC(c2cccc(F)c2)O3)c(C)c1. The van der Waals surface area contributed by atoms with Crippen LogP contribution in [-0.4, -0.2) is 11.0 Å². The number of ether oxygens (including phenoxy) is 1. The van der Waals surface area contributed by atoms with Crippen LogP contribution >= 0.6 is 12.2 Å². The van der Waals surface area contributed by atoms with Crippen LogP contribution in [0.2, 0.25) is 0 Å². The molecule has 0 radical (unpaired) electrons. The second-order valence-electron chi connectivity index (χ2n) is 7.13. The van der Waals surface area contributed by atoms with Crippen molar-refractivity contribution in [2.45, 2.75) is 20.1 Å². The van der Waals surface area contributed by atoms with E-state index in [0.717, 1.165) is 16.8 Å². The summed E-state index contributed by atoms with van der Waals surface area (Å²) >= 11 is 5.29. The predicted octanol–water partition coefficient (Wildman–Crippen LogP) is 5.07. The molecule has 1 atom stereocenters. The number of hydrogen-bond donors (Lipinski definition) is 3. The third-order valence-corrected chi connectivity index (χ3v) is 4.98. The smallest absolute Gasteiger partial charge is 0.257 e. The second-order valence-corrected chi connectivity index (χ2v) is 7.54. The first-order valence-corrected chi connectivity index (χ1v) is 9.82. The van der Waals surface area contributed by atoms with E-state index in [1.165, 1.54) is 12.1 Å². The highest BCUT2D eigenvalue weighted by Crippen LogP contribution is 2.39. The number of thiocarbonyl (C=S) groups is 1. The highest BCUT2D eigenvalue weighted by molar-refractivity contribution is 7.80. The first-order chi connectivity index (χ1) is 14.4. The van der Waals surface area contributed by atoms with E-state index < -0.39 is 6.23 Å². The Labute approximate surface area is 179 Å². The van der Waals surface area contributed by atoms with Crippen molar-refractivity contribution in [2.75, 3.05) is 10.6 Å². The fraction of sp³-hybridized carbons (Fsp3) is 0.130. The maximum atomic E-state index is 13.5. The normalized spacial score (nSPS) is 14.3. The molecule has 0 fully saturated rings. The van der Waals surface area contributed by atoms with Crippen molar-refractivity contribution in [1.29, 1.82) is 0 Å². The van der Waals surface area contributed by atoms with Gasteiger partial charge in [-0.15, -0.1) is 0 Å². The molecular formula is C23H20FN3O2S. The lowest BCUT2D eigenvalue weighted by Gasteiger charge is -2.12. The van der Waals surface area contributed by atoms with Crippen LogP contribution in [0.5, 0.6) is 5.75 Å². The van der Waals surface area contributed by atoms with E-state index in [1.54, 1.807) is 30.3 Å². The van der Waals surface area contributed by atoms with Crippen LogP contribution in [0, 0.1) is 19.7 Å². The zero-order valence-electron chi connectivity index (χ0n) is 16.5. The van der Waals surface area contributed by atoms with Crippen molar-refractivity contribution in [3.05, 3.63) is 88.7 Å². The van der Waals surface area contributed by atoms with Crippen molar-refractivity contribution in [3.63, 3.8) is 0 Å². The zero-order chi connectivity index (χ0) is 21.3. The summed E-state index contributed by atoms with van der Waals surface area (Å²) in [5.74, 6) is 0.0694. The highest BCUT2D eigenvalue weighted by atomic mass is 32.1. The van der Waals surface area contributed by atoms with Gasteiger partial charge >= 0.3 is 0 Å². The summed E-state index contributed by atoms with van der Waals surface area (Å²) < 4.78 is 19.3. The lowest BCUT2D eigenvalue weighted by atomic mass is 10.1. The minimum absolute atomic E-state index is 0.195. The molecule has 0 saturated carbocycles. The Hall–Kier alpha value is -3.45. The number of carbonyl (C=O) groups excluding carboxylic acids is 1. The molecule has 3 aromatic rings. The number of carbonyl (C=O) groups is 1. The molecule has 7 heteroatoms. The van der Waals surface area contributed by atoms with Crippen molar-refractivity contribution in [1.82, 2.24) is 5.32 Å². The minimum Gasteiger partial charge on any atom is -0.464 e. The van der Waals surface area contributed by atoms with Gasteiger partial charge in [-0.2, -0.15) is 0 Å². The number of aryl methyl sites for hydroxylation is 2. The molecule has 1 amide bonds. The fourth-order valence-electron chi connectivity index (χ4n) is 3.34. The van der Waals surface area contributed by atoms with Crippen LogP contribution in [-0.2, 0) is 0 Å². The molecule has 4 rings (SSSR count). The molecule has 0 spiro atoms. The third kappa shape index (κ3) is 4.26. The Morgan fingerprint density at radius 1 is 1.10 bits per heavy atom. The molecule has 1 aliphatic rings. The van der Waals surface area contributed by atoms with Gasteiger partial charge in [-0.05, 0) is 68.0 Å². The lowest BCUT2D eigenvalue weighted by Crippen LogP contribution is -2.34. The Morgan fingerprint density at radius 2 is 1.93 bits per heavy atom. The van der Waals surface area contributed by atoms with Gasteiger partial charge in [0.15, 0.2) is 11.3 Å². The third-order valence-electron chi connectivity index (χ3n) is 4.77. The predicted molar refractivity (Wildman–Crippen MR) is 119 cm³/mol. The molecule has 0 bridgehead atoms. The van der Waals surface area contributed by atoms with Gasteiger partial charge in [0.05, 0.1) is 5.69 Å². The van der Waals surface area contributed by atoms with E-state index in [0.29, 0.717) is 22.6 Å². The summed E-state index contributed by atoms with van der Waals surface area (Å²) in [7, 11) is 0. The monoisotopic (exact) mass is 421 g/mol. The van der Waals surface area contributed by atoms with Crippen LogP contribution < -0.4 is 20.7 Å². The standard InChI is InChI=1S/C23H20FN3O2S/c1-13-6-8-18(14(2)10-13)21(28)27-23(30)25-17-7-9-20-19(12-17)26-22(29-20)15-4-3-5-16(24)11-15/h3-12,22,26H,1-2H3,(H2,25,27,28,30). The summed E-state index contributed by atoms with van der Waals surface area (Å²) in [5, 5.41) is 9.12. The molecule has 1 aliphatic heterocycles. The van der Waals surface area contributed by atoms with Gasteiger partial charge in [-0.25, -0.2) is 4.39 Å². The number of fused-ring (bicyclic) bond motifs is 1. The molecule has 5 nitrogen and oxygen atoms in total. The summed E-state index contributed by atoms with van der Waals surface area (Å²) in [6, 6.07) is 17.3. The van der Waals surface area contributed by atoms with Gasteiger partial charge in [0, 0.05) is 16.8 Å². The topological polar surface area (TPSA) is 62.4 Å². The van der Waals surface area contributed by atoms with E-state index >= 15 is 0 Å². The Kier molecular flexibility index (Phi) is 5.37. The van der Waals surface area contributed by atoms with Crippen LogP contribution in [0.25, 0.3) is 0 Å². The summed E-state index contributed by atoms with van der Waals surface area (Å²) in [6.45, 7) is 3.87. The van der Waals surface area contributed by atoms with Crippen molar-refractivity contribution >= 4 is 34.6 Å². The molecule has 1 heterocycles. The average molecular weight is 421 g/mol. The Balaban J connectivity index is 1.41. The number of rotatable bonds is 3. The van der Waals surface area contributed by atoms with Gasteiger partial charge in [0.25, 0.3) is 5.91 Å². The lowest BCUT2D eigenvalue weighted by molar-refractivity contribution is 0.0977. The van der Waals surface area contributed by atoms with Crippen molar-refractivity contribution < 1.29 is 13.9 Å². The van der Waals surface area contributed by atoms with Gasteiger partial charge in [0.2, 0.25) is 0 Å². The van der Waals surface area contributed by atoms with Gasteiger partial charge in [-0.1, -0.05) is 29.8 Å². The number of hydrogen-bond acceptors (Lipinski definition) is 4. The molecule has 0 aliphatic carbocycles. The minimum atomic E-state index is -0.470. The van der Waals surface area contributed by atoms with Crippen LogP contribution in [0.4, 0.5) is 15.8 Å². The summed E-state index contributed by atoms with van der Waals surface area (Å²) in [6.07, 6.45) is -0.470. The van der Waals surface area contributed by atoms with Gasteiger partial charge in [0.1, 0.15) is 11.6 Å². The molecule has 30 heavy (non-hydrogen) atoms. The van der Waals surface area contributed by atoms with E-state index in [-0.39, 0.29) is 16.8 Å². The second kappa shape index (κ2) is 8.12. The largest absolute Gasteiger partial charge is 0.464 e. The molecular weight excluding hydrogens is 401 g/mol. The maximum Gasteiger partial charge on any atom is 0.257 e. The number of nitrogens with one attached hydrogen (secondary N) is 3. The number of halogens is 1. The average Bonchev–Trinajstić information content (AvgIpc) is 3.11. The van der Waals surface area contributed by atoms with Crippen LogP contribution in [0.15, 0.2) is 60.7 Å². The quantitative estimate of drug-likeness (QED) is 0.515. The summed E-state index contributed by atoms with van der Waals surface area (Å²) in [5.41, 5.74) is 4.68. The molecule has 3 N–H and O–H groups in total. The molecule has 1 unspecified atom stereocenters. The molecule has 0 aromatic heterocycles. The van der Waals surface area contributed by atoms with E-state index in [9.17, 15) is 9.18 Å². The number of amides is 1. The van der Waals surface area contributed by atoms with Crippen LogP contribution in [0.3, 0.4) is 0 Å². The molecule has 0 saturated heterocycles. The maximum absolute atomic E-state index is 13.5. The first-order valence-electron chi connectivity index (χ1n) is 9.41. The van der Waals surface area contributed by atoms with E-state index in [2.05, 4.69) is 16.0 Å². The molecule has 3 aromatic carbocycles. The summed E-state index contributed by atoms with van der Waals surface area (Å²) in [4.78, 5) is 12.5. The highest BCUT2D eigenvalue weighted by Gasteiger charge is 2.24. The molecule has 152 valence electrons. The Bertz CT molecular complexity index is 1150. The van der Waals surface area contributed by atoms with Crippen LogP contribution in [0.1, 0.15) is 33.3 Å². The van der Waals surface area contributed by atoms with E-state index in [1.807, 2.05) is 32.0 Å². The Morgan fingerprint density at radius 3 is 2.70 bits per heavy atom. The van der Waals surface area contributed by atoms with Crippen molar-refractivity contribution in [3.8, 4) is 5.75 Å². The zero-order valence-corrected chi connectivity index (χ0v) is 17.3. The first kappa shape index (κ1) is 19.8. The number of anilines is 2.